The molecule has 3 aromatic carbocycles. The summed E-state index contributed by atoms with van der Waals surface area (Å²) in [5.74, 6) is -0.605. The molecule has 0 unspecified atom stereocenters. The molecule has 3 aromatic rings. The molecule has 0 saturated heterocycles. The molecule has 0 saturated carbocycles. The third kappa shape index (κ3) is 2.30. The fraction of sp³-hybridized carbons (Fsp3) is 0.0909. The Hall–Kier alpha value is -3.11. The maximum absolute atomic E-state index is 13.2. The Labute approximate surface area is 161 Å². The van der Waals surface area contributed by atoms with Gasteiger partial charge in [-0.15, -0.1) is 0 Å². The number of benzene rings is 3. The second-order valence-corrected chi connectivity index (χ2v) is 7.09. The zero-order valence-electron chi connectivity index (χ0n) is 14.2. The van der Waals surface area contributed by atoms with Crippen molar-refractivity contribution in [1.29, 1.82) is 0 Å². The van der Waals surface area contributed by atoms with Gasteiger partial charge in [-0.05, 0) is 17.7 Å². The Morgan fingerprint density at radius 1 is 0.963 bits per heavy atom. The number of fused-ring (bicyclic) bond motifs is 2. The summed E-state index contributed by atoms with van der Waals surface area (Å²) in [5, 5.41) is 7.87. The fourth-order valence-electron chi connectivity index (χ4n) is 3.94. The average molecular weight is 375 g/mol. The van der Waals surface area contributed by atoms with Crippen molar-refractivity contribution in [3.8, 4) is 0 Å². The first kappa shape index (κ1) is 16.1. The lowest BCUT2D eigenvalue weighted by molar-refractivity contribution is -0.139. The van der Waals surface area contributed by atoms with E-state index in [1.165, 1.54) is 0 Å². The molecule has 2 heterocycles. The number of halogens is 1. The minimum Gasteiger partial charge on any atom is -0.373 e. The molecule has 2 aliphatic heterocycles. The maximum atomic E-state index is 13.2. The topological polar surface area (TPSA) is 50.7 Å². The SMILES string of the molecule is O=C1Nc2cc(Cl)ccc2[C@@]12ON=C(c1ccccc1)[C@@H]2c1ccccc1. The highest BCUT2D eigenvalue weighted by molar-refractivity contribution is 6.31. The number of amides is 1. The van der Waals surface area contributed by atoms with Crippen LogP contribution >= 0.6 is 11.6 Å². The number of nitrogens with zero attached hydrogens (tertiary/aromatic N) is 1. The molecule has 1 spiro atoms. The Morgan fingerprint density at radius 2 is 1.67 bits per heavy atom. The van der Waals surface area contributed by atoms with Gasteiger partial charge < -0.3 is 10.2 Å². The Balaban J connectivity index is 1.74. The summed E-state index contributed by atoms with van der Waals surface area (Å²) in [6.45, 7) is 0. The van der Waals surface area contributed by atoms with E-state index >= 15 is 0 Å². The van der Waals surface area contributed by atoms with E-state index < -0.39 is 5.60 Å². The average Bonchev–Trinajstić information content (AvgIpc) is 3.22. The van der Waals surface area contributed by atoms with Crippen molar-refractivity contribution < 1.29 is 9.63 Å². The summed E-state index contributed by atoms with van der Waals surface area (Å²) in [5.41, 5.74) is 2.80. The van der Waals surface area contributed by atoms with Gasteiger partial charge in [0.25, 0.3) is 11.5 Å². The quantitative estimate of drug-likeness (QED) is 0.706. The largest absolute Gasteiger partial charge is 0.373 e. The summed E-state index contributed by atoms with van der Waals surface area (Å²) >= 11 is 6.12. The van der Waals surface area contributed by atoms with E-state index in [2.05, 4.69) is 10.5 Å². The van der Waals surface area contributed by atoms with Gasteiger partial charge in [-0.1, -0.05) is 83.5 Å². The zero-order chi connectivity index (χ0) is 18.4. The van der Waals surface area contributed by atoms with E-state index in [0.29, 0.717) is 10.7 Å². The number of nitrogens with one attached hydrogen (secondary N) is 1. The molecule has 0 aromatic heterocycles. The molecule has 0 bridgehead atoms. The summed E-state index contributed by atoms with van der Waals surface area (Å²) in [4.78, 5) is 19.1. The van der Waals surface area contributed by atoms with Crippen LogP contribution in [-0.4, -0.2) is 11.6 Å². The molecule has 27 heavy (non-hydrogen) atoms. The van der Waals surface area contributed by atoms with Crippen LogP contribution in [0.4, 0.5) is 5.69 Å². The standard InChI is InChI=1S/C22H15ClN2O2/c23-16-11-12-17-18(13-16)24-21(26)22(17)19(14-7-3-1-4-8-14)20(25-27-22)15-9-5-2-6-10-15/h1-13,19H,(H,24,26)/t19-,22-/m0/s1. The first-order valence-corrected chi connectivity index (χ1v) is 9.06. The molecule has 1 amide bonds. The molecule has 132 valence electrons. The van der Waals surface area contributed by atoms with Gasteiger partial charge in [0.1, 0.15) is 0 Å². The van der Waals surface area contributed by atoms with Crippen LogP contribution in [0.2, 0.25) is 5.02 Å². The first-order chi connectivity index (χ1) is 13.2. The highest BCUT2D eigenvalue weighted by Gasteiger charge is 2.61. The van der Waals surface area contributed by atoms with E-state index in [-0.39, 0.29) is 11.8 Å². The van der Waals surface area contributed by atoms with E-state index in [1.807, 2.05) is 66.7 Å². The molecule has 2 aliphatic rings. The van der Waals surface area contributed by atoms with Crippen LogP contribution < -0.4 is 5.32 Å². The summed E-state index contributed by atoms with van der Waals surface area (Å²) < 4.78 is 0. The van der Waals surface area contributed by atoms with E-state index in [1.54, 1.807) is 12.1 Å². The van der Waals surface area contributed by atoms with Gasteiger partial charge in [0.2, 0.25) is 0 Å². The van der Waals surface area contributed by atoms with Crippen molar-refractivity contribution >= 4 is 28.9 Å². The van der Waals surface area contributed by atoms with Crippen molar-refractivity contribution in [3.05, 3.63) is 101 Å². The van der Waals surface area contributed by atoms with Crippen molar-refractivity contribution in [1.82, 2.24) is 0 Å². The van der Waals surface area contributed by atoms with Gasteiger partial charge in [0.05, 0.1) is 17.3 Å². The van der Waals surface area contributed by atoms with Crippen molar-refractivity contribution in [2.75, 3.05) is 5.32 Å². The van der Waals surface area contributed by atoms with Crippen LogP contribution in [-0.2, 0) is 15.2 Å². The van der Waals surface area contributed by atoms with Crippen molar-refractivity contribution in [3.63, 3.8) is 0 Å². The van der Waals surface area contributed by atoms with Gasteiger partial charge in [-0.25, -0.2) is 0 Å². The lowest BCUT2D eigenvalue weighted by Crippen LogP contribution is -2.41. The van der Waals surface area contributed by atoms with Gasteiger partial charge in [0.15, 0.2) is 0 Å². The van der Waals surface area contributed by atoms with Gasteiger partial charge >= 0.3 is 0 Å². The lowest BCUT2D eigenvalue weighted by Gasteiger charge is -2.28. The third-order valence-corrected chi connectivity index (χ3v) is 5.37. The van der Waals surface area contributed by atoms with E-state index in [0.717, 1.165) is 22.4 Å². The Morgan fingerprint density at radius 3 is 2.41 bits per heavy atom. The minimum absolute atomic E-state index is 0.233. The Bertz CT molecular complexity index is 1070. The molecule has 0 fully saturated rings. The monoisotopic (exact) mass is 374 g/mol. The number of hydrogen-bond acceptors (Lipinski definition) is 3. The first-order valence-electron chi connectivity index (χ1n) is 8.68. The molecule has 5 rings (SSSR count). The molecular formula is C22H15ClN2O2. The smallest absolute Gasteiger partial charge is 0.277 e. The van der Waals surface area contributed by atoms with Crippen molar-refractivity contribution in [2.24, 2.45) is 5.16 Å². The normalized spacial score (nSPS) is 22.9. The van der Waals surface area contributed by atoms with Gasteiger partial charge in [-0.3, -0.25) is 4.79 Å². The number of carbonyl (C=O) groups excluding carboxylic acids is 1. The summed E-state index contributed by atoms with van der Waals surface area (Å²) in [7, 11) is 0. The highest BCUT2D eigenvalue weighted by Crippen LogP contribution is 2.53. The van der Waals surface area contributed by atoms with Crippen molar-refractivity contribution in [2.45, 2.75) is 11.5 Å². The molecular weight excluding hydrogens is 360 g/mol. The van der Waals surface area contributed by atoms with Crippen LogP contribution in [0.15, 0.2) is 84.0 Å². The predicted octanol–water partition coefficient (Wildman–Crippen LogP) is 4.71. The fourth-order valence-corrected chi connectivity index (χ4v) is 4.12. The van der Waals surface area contributed by atoms with Gasteiger partial charge in [-0.2, -0.15) is 0 Å². The maximum Gasteiger partial charge on any atom is 0.277 e. The summed E-state index contributed by atoms with van der Waals surface area (Å²) in [6, 6.07) is 25.0. The minimum atomic E-state index is -1.24. The zero-order valence-corrected chi connectivity index (χ0v) is 15.0. The Kier molecular flexibility index (Phi) is 3.55. The van der Waals surface area contributed by atoms with Crippen LogP contribution in [0, 0.1) is 0 Å². The molecule has 1 N–H and O–H groups in total. The second kappa shape index (κ2) is 5.96. The number of oxime groups is 1. The molecule has 0 aliphatic carbocycles. The number of hydrogen-bond donors (Lipinski definition) is 1. The third-order valence-electron chi connectivity index (χ3n) is 5.14. The predicted molar refractivity (Wildman–Crippen MR) is 105 cm³/mol. The number of carbonyl (C=O) groups is 1. The molecule has 0 radical (unpaired) electrons. The van der Waals surface area contributed by atoms with E-state index in [4.69, 9.17) is 16.4 Å². The van der Waals surface area contributed by atoms with Crippen LogP contribution in [0.25, 0.3) is 0 Å². The molecule has 5 heteroatoms. The number of rotatable bonds is 2. The van der Waals surface area contributed by atoms with Crippen LogP contribution in [0.3, 0.4) is 0 Å². The second-order valence-electron chi connectivity index (χ2n) is 6.66. The lowest BCUT2D eigenvalue weighted by atomic mass is 9.74. The van der Waals surface area contributed by atoms with Crippen LogP contribution in [0.5, 0.6) is 0 Å². The molecule has 4 nitrogen and oxygen atoms in total. The number of anilines is 1. The summed E-state index contributed by atoms with van der Waals surface area (Å²) in [6.07, 6.45) is 0. The highest BCUT2D eigenvalue weighted by atomic mass is 35.5. The van der Waals surface area contributed by atoms with E-state index in [9.17, 15) is 4.79 Å². The van der Waals surface area contributed by atoms with Crippen LogP contribution in [0.1, 0.15) is 22.6 Å². The molecule has 2 atom stereocenters. The van der Waals surface area contributed by atoms with Gasteiger partial charge in [0, 0.05) is 16.1 Å².